The minimum atomic E-state index is 0.395. The van der Waals surface area contributed by atoms with Crippen molar-refractivity contribution < 1.29 is 4.74 Å². The lowest BCUT2D eigenvalue weighted by atomic mass is 9.96. The average molecular weight is 269 g/mol. The van der Waals surface area contributed by atoms with Gasteiger partial charge in [-0.15, -0.1) is 0 Å². The standard InChI is InChI=1S/C16H19N3O/c1-12-9-10-17-16(19-12)18-11-13-5-2-3-8-15(13)20-14-6-4-7-14/h2-3,5,8-10,14H,4,6-7,11H2,1H3,(H,17,18,19). The lowest BCUT2D eigenvalue weighted by molar-refractivity contribution is 0.119. The Morgan fingerprint density at radius 3 is 2.85 bits per heavy atom. The van der Waals surface area contributed by atoms with E-state index in [-0.39, 0.29) is 0 Å². The number of ether oxygens (including phenoxy) is 1. The fraction of sp³-hybridized carbons (Fsp3) is 0.375. The molecule has 4 heteroatoms. The number of nitrogens with one attached hydrogen (secondary N) is 1. The zero-order valence-corrected chi connectivity index (χ0v) is 11.7. The van der Waals surface area contributed by atoms with Crippen LogP contribution >= 0.6 is 0 Å². The first-order valence-corrected chi connectivity index (χ1v) is 7.09. The lowest BCUT2D eigenvalue weighted by Gasteiger charge is -2.27. The SMILES string of the molecule is Cc1ccnc(NCc2ccccc2OC2CCC2)n1. The molecule has 1 aliphatic carbocycles. The number of rotatable bonds is 5. The first-order valence-electron chi connectivity index (χ1n) is 7.09. The zero-order valence-electron chi connectivity index (χ0n) is 11.7. The van der Waals surface area contributed by atoms with Gasteiger partial charge in [0.15, 0.2) is 0 Å². The Hall–Kier alpha value is -2.10. The number of aryl methyl sites for hydroxylation is 1. The highest BCUT2D eigenvalue weighted by molar-refractivity contribution is 5.37. The average Bonchev–Trinajstić information content (AvgIpc) is 2.42. The monoisotopic (exact) mass is 269 g/mol. The van der Waals surface area contributed by atoms with Crippen LogP contribution in [0.3, 0.4) is 0 Å². The van der Waals surface area contributed by atoms with Gasteiger partial charge in [-0.2, -0.15) is 0 Å². The topological polar surface area (TPSA) is 47.0 Å². The van der Waals surface area contributed by atoms with Gasteiger partial charge in [-0.1, -0.05) is 18.2 Å². The number of aromatic nitrogens is 2. The Kier molecular flexibility index (Phi) is 3.81. The number of anilines is 1. The van der Waals surface area contributed by atoms with Crippen molar-refractivity contribution >= 4 is 5.95 Å². The van der Waals surface area contributed by atoms with Crippen LogP contribution in [-0.2, 0) is 6.54 Å². The number of hydrogen-bond donors (Lipinski definition) is 1. The van der Waals surface area contributed by atoms with Gasteiger partial charge in [-0.05, 0) is 38.3 Å². The molecule has 0 atom stereocenters. The van der Waals surface area contributed by atoms with Gasteiger partial charge in [0.25, 0.3) is 0 Å². The van der Waals surface area contributed by atoms with E-state index in [1.807, 2.05) is 31.2 Å². The molecule has 4 nitrogen and oxygen atoms in total. The Labute approximate surface area is 119 Å². The van der Waals surface area contributed by atoms with Gasteiger partial charge in [0.2, 0.25) is 5.95 Å². The fourth-order valence-corrected chi connectivity index (χ4v) is 2.14. The van der Waals surface area contributed by atoms with E-state index < -0.39 is 0 Å². The van der Waals surface area contributed by atoms with E-state index in [9.17, 15) is 0 Å². The van der Waals surface area contributed by atoms with Crippen molar-refractivity contribution in [3.8, 4) is 5.75 Å². The summed E-state index contributed by atoms with van der Waals surface area (Å²) in [6, 6.07) is 10.0. The summed E-state index contributed by atoms with van der Waals surface area (Å²) in [4.78, 5) is 8.55. The molecule has 1 aromatic heterocycles. The third-order valence-corrected chi connectivity index (χ3v) is 3.55. The van der Waals surface area contributed by atoms with Crippen LogP contribution in [0.1, 0.15) is 30.5 Å². The molecule has 0 unspecified atom stereocenters. The summed E-state index contributed by atoms with van der Waals surface area (Å²) in [5.74, 6) is 1.63. The largest absolute Gasteiger partial charge is 0.490 e. The number of benzene rings is 1. The van der Waals surface area contributed by atoms with Crippen LogP contribution in [0.4, 0.5) is 5.95 Å². The highest BCUT2D eigenvalue weighted by Gasteiger charge is 2.20. The van der Waals surface area contributed by atoms with Gasteiger partial charge in [-0.3, -0.25) is 0 Å². The maximum Gasteiger partial charge on any atom is 0.223 e. The van der Waals surface area contributed by atoms with Gasteiger partial charge in [0, 0.05) is 24.0 Å². The normalized spacial score (nSPS) is 14.7. The second kappa shape index (κ2) is 5.90. The quantitative estimate of drug-likeness (QED) is 0.904. The third-order valence-electron chi connectivity index (χ3n) is 3.55. The fourth-order valence-electron chi connectivity index (χ4n) is 2.14. The van der Waals surface area contributed by atoms with Crippen molar-refractivity contribution in [2.75, 3.05) is 5.32 Å². The first-order chi connectivity index (χ1) is 9.81. The number of hydrogen-bond acceptors (Lipinski definition) is 4. The molecule has 104 valence electrons. The van der Waals surface area contributed by atoms with Crippen molar-refractivity contribution in [3.05, 3.63) is 47.8 Å². The summed E-state index contributed by atoms with van der Waals surface area (Å²) in [5.41, 5.74) is 2.10. The maximum absolute atomic E-state index is 6.01. The van der Waals surface area contributed by atoms with Crippen LogP contribution in [0.5, 0.6) is 5.75 Å². The Morgan fingerprint density at radius 2 is 2.10 bits per heavy atom. The molecule has 1 fully saturated rings. The van der Waals surface area contributed by atoms with Crippen molar-refractivity contribution in [1.82, 2.24) is 9.97 Å². The van der Waals surface area contributed by atoms with Crippen LogP contribution in [0.15, 0.2) is 36.5 Å². The molecule has 0 radical (unpaired) electrons. The molecule has 0 bridgehead atoms. The van der Waals surface area contributed by atoms with Crippen molar-refractivity contribution in [2.24, 2.45) is 0 Å². The Morgan fingerprint density at radius 1 is 1.25 bits per heavy atom. The molecule has 2 aromatic rings. The highest BCUT2D eigenvalue weighted by atomic mass is 16.5. The second-order valence-electron chi connectivity index (χ2n) is 5.15. The molecule has 0 spiro atoms. The van der Waals surface area contributed by atoms with Crippen LogP contribution in [0.2, 0.25) is 0 Å². The molecule has 3 rings (SSSR count). The smallest absolute Gasteiger partial charge is 0.223 e. The predicted octanol–water partition coefficient (Wildman–Crippen LogP) is 3.33. The molecule has 0 amide bonds. The molecule has 1 saturated carbocycles. The van der Waals surface area contributed by atoms with E-state index in [2.05, 4.69) is 21.4 Å². The van der Waals surface area contributed by atoms with Crippen LogP contribution < -0.4 is 10.1 Å². The molecule has 1 aliphatic rings. The number of para-hydroxylation sites is 1. The third kappa shape index (κ3) is 3.07. The first kappa shape index (κ1) is 12.9. The summed E-state index contributed by atoms with van der Waals surface area (Å²) in [6.07, 6.45) is 5.78. The summed E-state index contributed by atoms with van der Waals surface area (Å²) >= 11 is 0. The van der Waals surface area contributed by atoms with E-state index in [0.29, 0.717) is 18.6 Å². The lowest BCUT2D eigenvalue weighted by Crippen LogP contribution is -2.25. The van der Waals surface area contributed by atoms with E-state index >= 15 is 0 Å². The van der Waals surface area contributed by atoms with E-state index in [1.54, 1.807) is 6.20 Å². The highest BCUT2D eigenvalue weighted by Crippen LogP contribution is 2.27. The molecule has 0 aliphatic heterocycles. The van der Waals surface area contributed by atoms with Gasteiger partial charge < -0.3 is 10.1 Å². The summed E-state index contributed by atoms with van der Waals surface area (Å²) in [6.45, 7) is 2.63. The van der Waals surface area contributed by atoms with E-state index in [1.165, 1.54) is 19.3 Å². The van der Waals surface area contributed by atoms with Crippen molar-refractivity contribution in [2.45, 2.75) is 38.8 Å². The molecule has 1 N–H and O–H groups in total. The van der Waals surface area contributed by atoms with E-state index in [4.69, 9.17) is 4.74 Å². The Balaban J connectivity index is 1.67. The summed E-state index contributed by atoms with van der Waals surface area (Å²) in [7, 11) is 0. The van der Waals surface area contributed by atoms with Crippen LogP contribution in [0, 0.1) is 6.92 Å². The predicted molar refractivity (Wildman–Crippen MR) is 78.8 cm³/mol. The van der Waals surface area contributed by atoms with Crippen molar-refractivity contribution in [1.29, 1.82) is 0 Å². The Bertz CT molecular complexity index is 581. The van der Waals surface area contributed by atoms with Gasteiger partial charge in [0.05, 0.1) is 6.10 Å². The van der Waals surface area contributed by atoms with E-state index in [0.717, 1.165) is 17.0 Å². The molecule has 1 aromatic carbocycles. The molecule has 0 saturated heterocycles. The van der Waals surface area contributed by atoms with Crippen LogP contribution in [-0.4, -0.2) is 16.1 Å². The molecule has 1 heterocycles. The molecule has 20 heavy (non-hydrogen) atoms. The molecular weight excluding hydrogens is 250 g/mol. The van der Waals surface area contributed by atoms with Crippen molar-refractivity contribution in [3.63, 3.8) is 0 Å². The number of nitrogens with zero attached hydrogens (tertiary/aromatic N) is 2. The summed E-state index contributed by atoms with van der Waals surface area (Å²) < 4.78 is 6.01. The second-order valence-corrected chi connectivity index (χ2v) is 5.15. The molecular formula is C16H19N3O. The zero-order chi connectivity index (χ0) is 13.8. The van der Waals surface area contributed by atoms with Gasteiger partial charge in [0.1, 0.15) is 5.75 Å². The van der Waals surface area contributed by atoms with Gasteiger partial charge >= 0.3 is 0 Å². The van der Waals surface area contributed by atoms with Gasteiger partial charge in [-0.25, -0.2) is 9.97 Å². The minimum Gasteiger partial charge on any atom is -0.490 e. The maximum atomic E-state index is 6.01. The minimum absolute atomic E-state index is 0.395. The van der Waals surface area contributed by atoms with Crippen LogP contribution in [0.25, 0.3) is 0 Å². The summed E-state index contributed by atoms with van der Waals surface area (Å²) in [5, 5.41) is 3.25.